The largest absolute Gasteiger partial charge is 0.349 e. The standard InChI is InChI=1S/C21H27ClN2OS/c22-18-6-5-17(21(23-18)26-16-3-1-2-4-16)20(25)24-19-14-8-12-7-13(10-14)11-15(19)9-12/h5-6,12-16,19H,1-4,7-11H2,(H,24,25). The fourth-order valence-corrected chi connectivity index (χ4v) is 7.76. The van der Waals surface area contributed by atoms with E-state index < -0.39 is 0 Å². The van der Waals surface area contributed by atoms with Crippen molar-refractivity contribution in [2.24, 2.45) is 23.7 Å². The molecule has 0 spiro atoms. The molecule has 1 heterocycles. The number of nitrogens with one attached hydrogen (secondary N) is 1. The van der Waals surface area contributed by atoms with Crippen LogP contribution in [-0.4, -0.2) is 22.2 Å². The zero-order chi connectivity index (χ0) is 17.7. The van der Waals surface area contributed by atoms with E-state index in [2.05, 4.69) is 10.3 Å². The van der Waals surface area contributed by atoms with E-state index in [0.29, 0.717) is 28.3 Å². The Morgan fingerprint density at radius 3 is 2.35 bits per heavy atom. The summed E-state index contributed by atoms with van der Waals surface area (Å²) in [6, 6.07) is 4.00. The fraction of sp³-hybridized carbons (Fsp3) is 0.714. The van der Waals surface area contributed by atoms with Crippen molar-refractivity contribution < 1.29 is 4.79 Å². The van der Waals surface area contributed by atoms with Gasteiger partial charge in [0, 0.05) is 11.3 Å². The van der Waals surface area contributed by atoms with Crippen LogP contribution in [0.3, 0.4) is 0 Å². The molecule has 5 fully saturated rings. The van der Waals surface area contributed by atoms with Gasteiger partial charge in [0.05, 0.1) is 5.56 Å². The fourth-order valence-electron chi connectivity index (χ4n) is 6.23. The molecule has 1 amide bonds. The molecule has 5 aliphatic carbocycles. The molecule has 0 radical (unpaired) electrons. The highest BCUT2D eigenvalue weighted by Gasteiger charge is 2.48. The Morgan fingerprint density at radius 2 is 1.69 bits per heavy atom. The number of nitrogens with zero attached hydrogens (tertiary/aromatic N) is 1. The van der Waals surface area contributed by atoms with Gasteiger partial charge in [-0.3, -0.25) is 4.79 Å². The molecule has 1 aromatic rings. The molecule has 4 bridgehead atoms. The number of pyridine rings is 1. The van der Waals surface area contributed by atoms with Gasteiger partial charge in [-0.25, -0.2) is 4.98 Å². The number of aromatic nitrogens is 1. The van der Waals surface area contributed by atoms with E-state index in [-0.39, 0.29) is 5.91 Å². The number of thioether (sulfide) groups is 1. The average molecular weight is 391 g/mol. The van der Waals surface area contributed by atoms with Crippen LogP contribution in [0.2, 0.25) is 5.15 Å². The van der Waals surface area contributed by atoms with E-state index in [9.17, 15) is 4.79 Å². The Kier molecular flexibility index (Phi) is 4.68. The van der Waals surface area contributed by atoms with Crippen molar-refractivity contribution in [1.29, 1.82) is 0 Å². The molecule has 0 atom stereocenters. The van der Waals surface area contributed by atoms with Gasteiger partial charge in [-0.1, -0.05) is 24.4 Å². The quantitative estimate of drug-likeness (QED) is 0.707. The van der Waals surface area contributed by atoms with Gasteiger partial charge in [0.25, 0.3) is 5.91 Å². The molecule has 140 valence electrons. The van der Waals surface area contributed by atoms with Crippen LogP contribution in [0, 0.1) is 23.7 Å². The molecule has 5 aliphatic rings. The molecule has 0 aliphatic heterocycles. The zero-order valence-electron chi connectivity index (χ0n) is 15.1. The molecular formula is C21H27ClN2OS. The van der Waals surface area contributed by atoms with Gasteiger partial charge >= 0.3 is 0 Å². The van der Waals surface area contributed by atoms with Crippen LogP contribution in [0.1, 0.15) is 68.1 Å². The number of amides is 1. The number of rotatable bonds is 4. The van der Waals surface area contributed by atoms with Crippen LogP contribution in [0.4, 0.5) is 0 Å². The Morgan fingerprint density at radius 1 is 1.04 bits per heavy atom. The Balaban J connectivity index is 1.33. The maximum absolute atomic E-state index is 13.1. The summed E-state index contributed by atoms with van der Waals surface area (Å²) in [7, 11) is 0. The summed E-state index contributed by atoms with van der Waals surface area (Å²) >= 11 is 7.90. The number of hydrogen-bond acceptors (Lipinski definition) is 3. The summed E-state index contributed by atoms with van der Waals surface area (Å²) in [4.78, 5) is 17.6. The maximum atomic E-state index is 13.1. The number of carbonyl (C=O) groups excluding carboxylic acids is 1. The van der Waals surface area contributed by atoms with E-state index in [0.717, 1.165) is 22.4 Å². The smallest absolute Gasteiger partial charge is 0.254 e. The highest BCUT2D eigenvalue weighted by atomic mass is 35.5. The number of hydrogen-bond donors (Lipinski definition) is 1. The Labute approximate surface area is 165 Å². The zero-order valence-corrected chi connectivity index (χ0v) is 16.7. The first-order valence-corrected chi connectivity index (χ1v) is 11.6. The van der Waals surface area contributed by atoms with Crippen LogP contribution in [0.25, 0.3) is 0 Å². The lowest BCUT2D eigenvalue weighted by atomic mass is 9.54. The molecule has 0 aromatic carbocycles. The summed E-state index contributed by atoms with van der Waals surface area (Å²) in [6.45, 7) is 0. The van der Waals surface area contributed by atoms with E-state index in [1.54, 1.807) is 17.8 Å². The second kappa shape index (κ2) is 7.01. The van der Waals surface area contributed by atoms with Crippen LogP contribution < -0.4 is 5.32 Å². The third-order valence-corrected chi connectivity index (χ3v) is 8.73. The average Bonchev–Trinajstić information content (AvgIpc) is 3.10. The van der Waals surface area contributed by atoms with E-state index in [4.69, 9.17) is 11.6 Å². The van der Waals surface area contributed by atoms with Gasteiger partial charge in [0.1, 0.15) is 10.2 Å². The summed E-state index contributed by atoms with van der Waals surface area (Å²) < 4.78 is 0. The summed E-state index contributed by atoms with van der Waals surface area (Å²) in [5, 5.41) is 5.31. The third kappa shape index (κ3) is 3.28. The first-order chi connectivity index (χ1) is 12.7. The first-order valence-electron chi connectivity index (χ1n) is 10.3. The minimum atomic E-state index is 0.0622. The molecule has 3 nitrogen and oxygen atoms in total. The molecule has 5 heteroatoms. The molecular weight excluding hydrogens is 364 g/mol. The topological polar surface area (TPSA) is 42.0 Å². The second-order valence-corrected chi connectivity index (χ2v) is 10.6. The van der Waals surface area contributed by atoms with Crippen LogP contribution in [0.15, 0.2) is 17.2 Å². The summed E-state index contributed by atoms with van der Waals surface area (Å²) in [5.74, 6) is 3.31. The van der Waals surface area contributed by atoms with Crippen molar-refractivity contribution >= 4 is 29.3 Å². The molecule has 1 N–H and O–H groups in total. The molecule has 6 rings (SSSR count). The predicted octanol–water partition coefficient (Wildman–Crippen LogP) is 5.32. The van der Waals surface area contributed by atoms with Crippen LogP contribution in [-0.2, 0) is 0 Å². The van der Waals surface area contributed by atoms with Crippen molar-refractivity contribution in [2.45, 2.75) is 74.1 Å². The SMILES string of the molecule is O=C(NC1C2CC3CC(C2)CC1C3)c1ccc(Cl)nc1SC1CCCC1. The third-order valence-electron chi connectivity index (χ3n) is 7.18. The van der Waals surface area contributed by atoms with E-state index in [1.807, 2.05) is 6.07 Å². The highest BCUT2D eigenvalue weighted by Crippen LogP contribution is 2.53. The van der Waals surface area contributed by atoms with Gasteiger partial charge in [0.15, 0.2) is 0 Å². The molecule has 1 aromatic heterocycles. The minimum absolute atomic E-state index is 0.0622. The lowest BCUT2D eigenvalue weighted by Gasteiger charge is -2.54. The number of carbonyl (C=O) groups is 1. The first kappa shape index (κ1) is 17.4. The van der Waals surface area contributed by atoms with Gasteiger partial charge in [-0.2, -0.15) is 0 Å². The monoisotopic (exact) mass is 390 g/mol. The van der Waals surface area contributed by atoms with Crippen molar-refractivity contribution in [3.05, 3.63) is 22.8 Å². The second-order valence-electron chi connectivity index (χ2n) is 8.94. The van der Waals surface area contributed by atoms with Crippen molar-refractivity contribution in [2.75, 3.05) is 0 Å². The highest BCUT2D eigenvalue weighted by molar-refractivity contribution is 7.99. The molecule has 0 saturated heterocycles. The molecule has 0 unspecified atom stereocenters. The Bertz CT molecular complexity index is 675. The van der Waals surface area contributed by atoms with Gasteiger partial charge < -0.3 is 5.32 Å². The number of halogens is 1. The van der Waals surface area contributed by atoms with Crippen LogP contribution in [0.5, 0.6) is 0 Å². The van der Waals surface area contributed by atoms with Crippen molar-refractivity contribution in [3.63, 3.8) is 0 Å². The van der Waals surface area contributed by atoms with E-state index in [1.165, 1.54) is 57.8 Å². The normalized spacial score (nSPS) is 35.8. The molecule has 26 heavy (non-hydrogen) atoms. The maximum Gasteiger partial charge on any atom is 0.254 e. The van der Waals surface area contributed by atoms with Gasteiger partial charge in [-0.05, 0) is 80.8 Å². The summed E-state index contributed by atoms with van der Waals surface area (Å²) in [6.07, 6.45) is 11.7. The van der Waals surface area contributed by atoms with Crippen molar-refractivity contribution in [1.82, 2.24) is 10.3 Å². The molecule has 5 saturated carbocycles. The Hall–Kier alpha value is -0.740. The lowest BCUT2D eigenvalue weighted by Crippen LogP contribution is -2.55. The van der Waals surface area contributed by atoms with Gasteiger partial charge in [-0.15, -0.1) is 11.8 Å². The predicted molar refractivity (Wildman–Crippen MR) is 106 cm³/mol. The van der Waals surface area contributed by atoms with Crippen molar-refractivity contribution in [3.8, 4) is 0 Å². The lowest BCUT2D eigenvalue weighted by molar-refractivity contribution is -0.0120. The van der Waals surface area contributed by atoms with E-state index >= 15 is 0 Å². The van der Waals surface area contributed by atoms with Crippen LogP contribution >= 0.6 is 23.4 Å². The van der Waals surface area contributed by atoms with Gasteiger partial charge in [0.2, 0.25) is 0 Å². The minimum Gasteiger partial charge on any atom is -0.349 e. The summed E-state index contributed by atoms with van der Waals surface area (Å²) in [5.41, 5.74) is 0.722.